The Morgan fingerprint density at radius 3 is 2.52 bits per heavy atom. The number of hydrogen-bond donors (Lipinski definition) is 2. The second-order valence-corrected chi connectivity index (χ2v) is 8.28. The molecule has 1 amide bonds. The van der Waals surface area contributed by atoms with Crippen molar-refractivity contribution in [2.75, 3.05) is 20.2 Å². The Labute approximate surface area is 170 Å². The molecule has 27 heavy (non-hydrogen) atoms. The Morgan fingerprint density at radius 1 is 1.15 bits per heavy atom. The summed E-state index contributed by atoms with van der Waals surface area (Å²) in [7, 11) is 1.43. The number of carbonyl (C=O) groups excluding carboxylic acids is 2. The molecule has 2 N–H and O–H groups in total. The molecule has 3 rings (SSSR count). The van der Waals surface area contributed by atoms with Crippen molar-refractivity contribution in [1.82, 2.24) is 20.8 Å². The number of ether oxygens (including phenoxy) is 1. The molecule has 2 fully saturated rings. The lowest BCUT2D eigenvalue weighted by Crippen LogP contribution is -2.37. The predicted molar refractivity (Wildman–Crippen MR) is 106 cm³/mol. The number of carbonyl (C=O) groups is 2. The first-order chi connectivity index (χ1) is 12.7. The van der Waals surface area contributed by atoms with E-state index in [4.69, 9.17) is 4.74 Å². The smallest absolute Gasteiger partial charge is 0.305 e. The molecule has 0 spiro atoms. The lowest BCUT2D eigenvalue weighted by molar-refractivity contribution is -0.141. The first kappa shape index (κ1) is 22.0. The Balaban J connectivity index is 0.00000261. The summed E-state index contributed by atoms with van der Waals surface area (Å²) in [5.74, 6) is 0.748. The third-order valence-corrected chi connectivity index (χ3v) is 6.57. The highest BCUT2D eigenvalue weighted by Gasteiger charge is 2.26. The fourth-order valence-electron chi connectivity index (χ4n) is 3.83. The van der Waals surface area contributed by atoms with E-state index in [-0.39, 0.29) is 30.3 Å². The van der Waals surface area contributed by atoms with Gasteiger partial charge in [0, 0.05) is 18.4 Å². The molecule has 7 nitrogen and oxygen atoms in total. The van der Waals surface area contributed by atoms with Gasteiger partial charge in [0.2, 0.25) is 5.01 Å². The van der Waals surface area contributed by atoms with E-state index in [9.17, 15) is 9.59 Å². The summed E-state index contributed by atoms with van der Waals surface area (Å²) in [5.41, 5.74) is 0. The van der Waals surface area contributed by atoms with Crippen LogP contribution in [0.25, 0.3) is 0 Å². The third kappa shape index (κ3) is 6.40. The normalized spacial score (nSPS) is 23.3. The zero-order valence-electron chi connectivity index (χ0n) is 15.7. The van der Waals surface area contributed by atoms with Crippen molar-refractivity contribution in [1.29, 1.82) is 0 Å². The van der Waals surface area contributed by atoms with E-state index in [0.717, 1.165) is 63.0 Å². The van der Waals surface area contributed by atoms with Crippen LogP contribution >= 0.6 is 23.7 Å². The molecule has 152 valence electrons. The van der Waals surface area contributed by atoms with E-state index in [0.29, 0.717) is 23.3 Å². The number of nitrogens with zero attached hydrogens (tertiary/aromatic N) is 2. The molecule has 0 unspecified atom stereocenters. The Kier molecular flexibility index (Phi) is 8.92. The summed E-state index contributed by atoms with van der Waals surface area (Å²) >= 11 is 1.44. The lowest BCUT2D eigenvalue weighted by Gasteiger charge is -2.28. The monoisotopic (exact) mass is 416 g/mol. The number of hydrogen-bond acceptors (Lipinski definition) is 7. The number of methoxy groups -OCH3 is 1. The number of amides is 1. The quantitative estimate of drug-likeness (QED) is 0.692. The van der Waals surface area contributed by atoms with Crippen LogP contribution in [0.15, 0.2) is 0 Å². The minimum Gasteiger partial charge on any atom is -0.469 e. The third-order valence-electron chi connectivity index (χ3n) is 5.49. The highest BCUT2D eigenvalue weighted by molar-refractivity contribution is 7.13. The van der Waals surface area contributed by atoms with Crippen LogP contribution in [0.4, 0.5) is 0 Å². The van der Waals surface area contributed by atoms with Crippen molar-refractivity contribution in [3.05, 3.63) is 10.0 Å². The van der Waals surface area contributed by atoms with E-state index in [1.807, 2.05) is 0 Å². The fraction of sp³-hybridized carbons (Fsp3) is 0.778. The predicted octanol–water partition coefficient (Wildman–Crippen LogP) is 2.67. The van der Waals surface area contributed by atoms with Gasteiger partial charge in [-0.2, -0.15) is 0 Å². The summed E-state index contributed by atoms with van der Waals surface area (Å²) in [6.45, 7) is 2.01. The van der Waals surface area contributed by atoms with Gasteiger partial charge in [0.05, 0.1) is 7.11 Å². The molecule has 1 aliphatic carbocycles. The van der Waals surface area contributed by atoms with Crippen molar-refractivity contribution in [3.8, 4) is 0 Å². The zero-order chi connectivity index (χ0) is 18.4. The zero-order valence-corrected chi connectivity index (χ0v) is 17.4. The van der Waals surface area contributed by atoms with Gasteiger partial charge >= 0.3 is 5.97 Å². The summed E-state index contributed by atoms with van der Waals surface area (Å²) < 4.78 is 4.70. The van der Waals surface area contributed by atoms with Gasteiger partial charge in [0.25, 0.3) is 5.91 Å². The number of nitrogens with one attached hydrogen (secondary N) is 2. The molecule has 9 heteroatoms. The largest absolute Gasteiger partial charge is 0.469 e. The van der Waals surface area contributed by atoms with Gasteiger partial charge in [0.1, 0.15) is 5.01 Å². The van der Waals surface area contributed by atoms with Gasteiger partial charge in [-0.1, -0.05) is 11.3 Å². The molecule has 0 bridgehead atoms. The molecule has 2 heterocycles. The van der Waals surface area contributed by atoms with Crippen molar-refractivity contribution in [3.63, 3.8) is 0 Å². The minimum atomic E-state index is -0.138. The molecular formula is C18H29ClN4O3S. The number of halogens is 1. The Bertz CT molecular complexity index is 614. The molecule has 1 aliphatic heterocycles. The summed E-state index contributed by atoms with van der Waals surface area (Å²) in [6, 6.07) is 0.197. The lowest BCUT2D eigenvalue weighted by atomic mass is 9.83. The molecule has 2 aliphatic rings. The summed E-state index contributed by atoms with van der Waals surface area (Å²) in [5, 5.41) is 16.3. The Hall–Kier alpha value is -1.25. The number of aromatic nitrogens is 2. The van der Waals surface area contributed by atoms with Crippen LogP contribution in [-0.4, -0.2) is 48.3 Å². The van der Waals surface area contributed by atoms with E-state index >= 15 is 0 Å². The van der Waals surface area contributed by atoms with Crippen LogP contribution in [0, 0.1) is 5.92 Å². The summed E-state index contributed by atoms with van der Waals surface area (Å²) in [6.07, 6.45) is 7.48. The van der Waals surface area contributed by atoms with Crippen molar-refractivity contribution >= 4 is 35.6 Å². The van der Waals surface area contributed by atoms with E-state index in [2.05, 4.69) is 20.8 Å². The maximum Gasteiger partial charge on any atom is 0.305 e. The van der Waals surface area contributed by atoms with Crippen molar-refractivity contribution in [2.24, 2.45) is 5.92 Å². The topological polar surface area (TPSA) is 93.2 Å². The van der Waals surface area contributed by atoms with Crippen LogP contribution in [0.5, 0.6) is 0 Å². The van der Waals surface area contributed by atoms with Gasteiger partial charge in [-0.15, -0.1) is 22.6 Å². The number of rotatable bonds is 6. The maximum absolute atomic E-state index is 12.5. The maximum atomic E-state index is 12.5. The second-order valence-electron chi connectivity index (χ2n) is 7.28. The summed E-state index contributed by atoms with van der Waals surface area (Å²) in [4.78, 5) is 23.7. The first-order valence-corrected chi connectivity index (χ1v) is 10.4. The van der Waals surface area contributed by atoms with E-state index in [1.54, 1.807) is 0 Å². The van der Waals surface area contributed by atoms with Crippen molar-refractivity contribution in [2.45, 2.75) is 63.3 Å². The average Bonchev–Trinajstić information content (AvgIpc) is 3.18. The van der Waals surface area contributed by atoms with Gasteiger partial charge in [-0.05, 0) is 64.0 Å². The molecular weight excluding hydrogens is 388 g/mol. The first-order valence-electron chi connectivity index (χ1n) is 9.57. The van der Waals surface area contributed by atoms with Crippen LogP contribution < -0.4 is 10.6 Å². The molecule has 1 saturated carbocycles. The van der Waals surface area contributed by atoms with Crippen LogP contribution in [0.1, 0.15) is 72.1 Å². The van der Waals surface area contributed by atoms with Gasteiger partial charge in [0.15, 0.2) is 0 Å². The van der Waals surface area contributed by atoms with Gasteiger partial charge in [-0.25, -0.2) is 0 Å². The molecule has 1 aromatic rings. The highest BCUT2D eigenvalue weighted by Crippen LogP contribution is 2.29. The minimum absolute atomic E-state index is 0. The average molecular weight is 417 g/mol. The van der Waals surface area contributed by atoms with Crippen LogP contribution in [0.3, 0.4) is 0 Å². The van der Waals surface area contributed by atoms with Crippen LogP contribution in [0.2, 0.25) is 0 Å². The van der Waals surface area contributed by atoms with E-state index < -0.39 is 0 Å². The molecule has 0 aromatic carbocycles. The molecule has 1 aromatic heterocycles. The SMILES string of the molecule is COC(=O)CC[C@H]1CC[C@H](NC(=O)c2nnc(C3CCNCC3)s2)CC1.Cl. The molecule has 0 atom stereocenters. The van der Waals surface area contributed by atoms with Gasteiger partial charge < -0.3 is 15.4 Å². The van der Waals surface area contributed by atoms with E-state index in [1.165, 1.54) is 18.4 Å². The van der Waals surface area contributed by atoms with Gasteiger partial charge in [-0.3, -0.25) is 9.59 Å². The number of piperidine rings is 1. The Morgan fingerprint density at radius 2 is 1.85 bits per heavy atom. The second kappa shape index (κ2) is 10.9. The van der Waals surface area contributed by atoms with Crippen molar-refractivity contribution < 1.29 is 14.3 Å². The number of esters is 1. The molecule has 0 radical (unpaired) electrons. The molecule has 1 saturated heterocycles. The highest BCUT2D eigenvalue weighted by atomic mass is 35.5. The standard InChI is InChI=1S/C18H28N4O3S.ClH/c1-25-15(23)7-4-12-2-5-14(6-3-12)20-16(24)18-22-21-17(26-18)13-8-10-19-11-9-13;/h12-14,19H,2-11H2,1H3,(H,20,24);1H/t12-,14-;. The fourth-order valence-corrected chi connectivity index (χ4v) is 4.74. The van der Waals surface area contributed by atoms with Crippen LogP contribution in [-0.2, 0) is 9.53 Å².